The van der Waals surface area contributed by atoms with Crippen molar-refractivity contribution in [2.45, 2.75) is 0 Å². The second-order valence-corrected chi connectivity index (χ2v) is 4.57. The molecule has 0 aliphatic rings. The van der Waals surface area contributed by atoms with Gasteiger partial charge in [-0.3, -0.25) is 4.79 Å². The Morgan fingerprint density at radius 1 is 1.26 bits per heavy atom. The fourth-order valence-electron chi connectivity index (χ4n) is 1.43. The van der Waals surface area contributed by atoms with E-state index in [0.29, 0.717) is 0 Å². The summed E-state index contributed by atoms with van der Waals surface area (Å²) in [4.78, 5) is 27.1. The van der Waals surface area contributed by atoms with Gasteiger partial charge in [0.1, 0.15) is 5.82 Å². The van der Waals surface area contributed by atoms with E-state index in [1.165, 1.54) is 16.8 Å². The number of hydrogen-bond donors (Lipinski definition) is 1. The molecule has 0 saturated heterocycles. The Morgan fingerprint density at radius 2 is 1.89 bits per heavy atom. The third kappa shape index (κ3) is 2.94. The molecule has 0 aliphatic carbocycles. The minimum Gasteiger partial charge on any atom is -0.306 e. The van der Waals surface area contributed by atoms with Crippen molar-refractivity contribution < 1.29 is 4.79 Å². The van der Waals surface area contributed by atoms with Gasteiger partial charge < -0.3 is 9.88 Å². The molecule has 19 heavy (non-hydrogen) atoms. The molecule has 0 bridgehead atoms. The largest absolute Gasteiger partial charge is 0.349 e. The summed E-state index contributed by atoms with van der Waals surface area (Å²) in [5.41, 5.74) is -0.323. The van der Waals surface area contributed by atoms with E-state index in [-0.39, 0.29) is 21.4 Å². The first-order valence-electron chi connectivity index (χ1n) is 5.28. The molecule has 1 N–H and O–H groups in total. The monoisotopic (exact) mass is 297 g/mol. The van der Waals surface area contributed by atoms with E-state index >= 15 is 0 Å². The number of nitrogens with zero attached hydrogens (tertiary/aromatic N) is 2. The van der Waals surface area contributed by atoms with Crippen molar-refractivity contribution in [2.24, 2.45) is 7.05 Å². The first-order valence-corrected chi connectivity index (χ1v) is 6.03. The fraction of sp³-hybridized carbons (Fsp3) is 0.0833. The Labute approximate surface area is 118 Å². The lowest BCUT2D eigenvalue weighted by Crippen LogP contribution is -2.22. The van der Waals surface area contributed by atoms with Gasteiger partial charge in [-0.2, -0.15) is 4.98 Å². The van der Waals surface area contributed by atoms with Crippen LogP contribution in [0.5, 0.6) is 0 Å². The highest BCUT2D eigenvalue weighted by Crippen LogP contribution is 2.24. The number of aromatic nitrogens is 2. The Morgan fingerprint density at radius 3 is 2.47 bits per heavy atom. The Hall–Kier alpha value is -1.85. The normalized spacial score (nSPS) is 10.3. The van der Waals surface area contributed by atoms with Crippen LogP contribution in [-0.4, -0.2) is 15.5 Å². The van der Waals surface area contributed by atoms with Gasteiger partial charge in [0.2, 0.25) is 0 Å². The molecule has 2 rings (SSSR count). The van der Waals surface area contributed by atoms with Crippen molar-refractivity contribution in [3.63, 3.8) is 0 Å². The highest BCUT2D eigenvalue weighted by Gasteiger charge is 2.15. The zero-order chi connectivity index (χ0) is 14.0. The molecule has 1 amide bonds. The summed E-state index contributed by atoms with van der Waals surface area (Å²) < 4.78 is 1.29. The molecule has 1 heterocycles. The number of halogens is 2. The van der Waals surface area contributed by atoms with Crippen molar-refractivity contribution in [2.75, 3.05) is 5.32 Å². The van der Waals surface area contributed by atoms with Crippen molar-refractivity contribution in [3.05, 3.63) is 56.6 Å². The summed E-state index contributed by atoms with van der Waals surface area (Å²) in [7, 11) is 1.56. The number of hydrogen-bond acceptors (Lipinski definition) is 3. The van der Waals surface area contributed by atoms with E-state index in [4.69, 9.17) is 23.2 Å². The summed E-state index contributed by atoms with van der Waals surface area (Å²) in [5, 5.41) is 2.94. The van der Waals surface area contributed by atoms with E-state index in [0.717, 1.165) is 0 Å². The van der Waals surface area contributed by atoms with Gasteiger partial charge in [-0.1, -0.05) is 29.3 Å². The fourth-order valence-corrected chi connectivity index (χ4v) is 2.00. The SMILES string of the molecule is Cn1ccc(NC(=O)c2c(Cl)cccc2Cl)nc1=O. The van der Waals surface area contributed by atoms with Gasteiger partial charge in [0.05, 0.1) is 15.6 Å². The van der Waals surface area contributed by atoms with Crippen LogP contribution in [0.25, 0.3) is 0 Å². The molecule has 98 valence electrons. The third-order valence-corrected chi connectivity index (χ3v) is 3.04. The minimum absolute atomic E-state index is 0.143. The molecule has 7 heteroatoms. The molecule has 0 aliphatic heterocycles. The molecule has 0 fully saturated rings. The summed E-state index contributed by atoms with van der Waals surface area (Å²) in [6.45, 7) is 0. The highest BCUT2D eigenvalue weighted by molar-refractivity contribution is 6.40. The Kier molecular flexibility index (Phi) is 3.87. The van der Waals surface area contributed by atoms with Crippen LogP contribution in [-0.2, 0) is 7.05 Å². The van der Waals surface area contributed by atoms with Crippen LogP contribution < -0.4 is 11.0 Å². The van der Waals surface area contributed by atoms with Crippen molar-refractivity contribution in [1.29, 1.82) is 0 Å². The number of amides is 1. The van der Waals surface area contributed by atoms with Gasteiger partial charge >= 0.3 is 5.69 Å². The number of carbonyl (C=O) groups excluding carboxylic acids is 1. The predicted molar refractivity (Wildman–Crippen MR) is 73.9 cm³/mol. The predicted octanol–water partition coefficient (Wildman–Crippen LogP) is 2.34. The summed E-state index contributed by atoms with van der Waals surface area (Å²) >= 11 is 11.8. The average Bonchev–Trinajstić information content (AvgIpc) is 2.33. The smallest absolute Gasteiger partial charge is 0.306 e. The first-order chi connectivity index (χ1) is 8.99. The zero-order valence-corrected chi connectivity index (χ0v) is 11.4. The van der Waals surface area contributed by atoms with Gasteiger partial charge in [0, 0.05) is 13.2 Å². The highest BCUT2D eigenvalue weighted by atomic mass is 35.5. The van der Waals surface area contributed by atoms with Crippen LogP contribution in [0.3, 0.4) is 0 Å². The molecular weight excluding hydrogens is 289 g/mol. The van der Waals surface area contributed by atoms with Crippen molar-refractivity contribution in [1.82, 2.24) is 9.55 Å². The number of rotatable bonds is 2. The molecule has 0 saturated carbocycles. The number of carbonyl (C=O) groups is 1. The standard InChI is InChI=1S/C12H9Cl2N3O2/c1-17-6-5-9(16-12(17)19)15-11(18)10-7(13)3-2-4-8(10)14/h2-6H,1H3,(H,15,16,18,19). The lowest BCUT2D eigenvalue weighted by atomic mass is 10.2. The quantitative estimate of drug-likeness (QED) is 0.925. The Balaban J connectivity index is 2.31. The van der Waals surface area contributed by atoms with E-state index in [9.17, 15) is 9.59 Å². The van der Waals surface area contributed by atoms with Crippen LogP contribution >= 0.6 is 23.2 Å². The summed E-state index contributed by atoms with van der Waals surface area (Å²) in [5.74, 6) is -0.375. The minimum atomic E-state index is -0.517. The molecule has 0 unspecified atom stereocenters. The van der Waals surface area contributed by atoms with Crippen LogP contribution in [0.2, 0.25) is 10.0 Å². The van der Waals surface area contributed by atoms with Gasteiger partial charge in [-0.25, -0.2) is 4.79 Å². The van der Waals surface area contributed by atoms with E-state index in [1.54, 1.807) is 25.2 Å². The maximum absolute atomic E-state index is 12.0. The van der Waals surface area contributed by atoms with Crippen LogP contribution in [0.1, 0.15) is 10.4 Å². The van der Waals surface area contributed by atoms with Gasteiger partial charge in [-0.05, 0) is 18.2 Å². The molecule has 0 atom stereocenters. The molecule has 1 aromatic carbocycles. The summed E-state index contributed by atoms with van der Waals surface area (Å²) in [6, 6.07) is 6.25. The van der Waals surface area contributed by atoms with E-state index in [1.807, 2.05) is 0 Å². The van der Waals surface area contributed by atoms with Gasteiger partial charge in [0.15, 0.2) is 0 Å². The number of nitrogens with one attached hydrogen (secondary N) is 1. The average molecular weight is 298 g/mol. The molecule has 2 aromatic rings. The second kappa shape index (κ2) is 5.42. The molecular formula is C12H9Cl2N3O2. The van der Waals surface area contributed by atoms with E-state index in [2.05, 4.69) is 10.3 Å². The number of aryl methyl sites for hydroxylation is 1. The Bertz CT molecular complexity index is 677. The van der Waals surface area contributed by atoms with Gasteiger partial charge in [0.25, 0.3) is 5.91 Å². The molecule has 5 nitrogen and oxygen atoms in total. The van der Waals surface area contributed by atoms with Crippen LogP contribution in [0.4, 0.5) is 5.82 Å². The second-order valence-electron chi connectivity index (χ2n) is 3.76. The molecule has 0 spiro atoms. The maximum atomic E-state index is 12.0. The number of anilines is 1. The topological polar surface area (TPSA) is 64.0 Å². The zero-order valence-electron chi connectivity index (χ0n) is 9.85. The van der Waals surface area contributed by atoms with E-state index < -0.39 is 11.6 Å². The van der Waals surface area contributed by atoms with Gasteiger partial charge in [-0.15, -0.1) is 0 Å². The lowest BCUT2D eigenvalue weighted by molar-refractivity contribution is 0.102. The van der Waals surface area contributed by atoms with Crippen LogP contribution in [0.15, 0.2) is 35.3 Å². The third-order valence-electron chi connectivity index (χ3n) is 2.41. The number of benzene rings is 1. The molecule has 0 radical (unpaired) electrons. The lowest BCUT2D eigenvalue weighted by Gasteiger charge is -2.07. The van der Waals surface area contributed by atoms with Crippen molar-refractivity contribution >= 4 is 34.9 Å². The van der Waals surface area contributed by atoms with Crippen molar-refractivity contribution in [3.8, 4) is 0 Å². The van der Waals surface area contributed by atoms with Crippen LogP contribution in [0, 0.1) is 0 Å². The molecule has 1 aromatic heterocycles. The maximum Gasteiger partial charge on any atom is 0.349 e. The summed E-state index contributed by atoms with van der Waals surface area (Å²) in [6.07, 6.45) is 1.50. The first kappa shape index (κ1) is 13.6.